The van der Waals surface area contributed by atoms with Crippen LogP contribution in [-0.4, -0.2) is 46.7 Å². The monoisotopic (exact) mass is 488 g/mol. The number of carbonyl (C=O) groups is 2. The summed E-state index contributed by atoms with van der Waals surface area (Å²) < 4.78 is 11.6. The van der Waals surface area contributed by atoms with E-state index in [9.17, 15) is 9.59 Å². The van der Waals surface area contributed by atoms with Crippen LogP contribution in [0.2, 0.25) is 0 Å². The quantitative estimate of drug-likeness (QED) is 0.541. The second kappa shape index (κ2) is 9.78. The van der Waals surface area contributed by atoms with Crippen molar-refractivity contribution in [1.82, 2.24) is 20.7 Å². The molecule has 5 rings (SSSR count). The van der Waals surface area contributed by atoms with Crippen LogP contribution >= 0.6 is 0 Å². The molecule has 2 aliphatic rings. The highest BCUT2D eigenvalue weighted by Crippen LogP contribution is 2.36. The Morgan fingerprint density at radius 2 is 1.83 bits per heavy atom. The van der Waals surface area contributed by atoms with Crippen LogP contribution < -0.4 is 15.4 Å². The molecule has 1 fully saturated rings. The van der Waals surface area contributed by atoms with Gasteiger partial charge in [-0.1, -0.05) is 30.3 Å². The van der Waals surface area contributed by atoms with Crippen LogP contribution in [0.15, 0.2) is 53.1 Å². The lowest BCUT2D eigenvalue weighted by Crippen LogP contribution is -2.61. The highest BCUT2D eigenvalue weighted by molar-refractivity contribution is 6.00. The van der Waals surface area contributed by atoms with Crippen molar-refractivity contribution >= 4 is 11.8 Å². The Hall–Kier alpha value is -3.65. The maximum atomic E-state index is 13.0. The Balaban J connectivity index is 1.25. The fourth-order valence-electron chi connectivity index (χ4n) is 4.80. The third kappa shape index (κ3) is 4.86. The van der Waals surface area contributed by atoms with Crippen molar-refractivity contribution in [3.63, 3.8) is 0 Å². The molecule has 3 aromatic rings. The number of hydrogen-bond acceptors (Lipinski definition) is 6. The van der Waals surface area contributed by atoms with Crippen LogP contribution in [0.25, 0.3) is 11.1 Å². The van der Waals surface area contributed by atoms with E-state index in [1.54, 1.807) is 12.1 Å². The number of benzene rings is 2. The Morgan fingerprint density at radius 3 is 2.50 bits per heavy atom. The number of hydrogen-bond donors (Lipinski definition) is 2. The number of fused-ring (bicyclic) bond motifs is 1. The fraction of sp³-hybridized carbons (Fsp3) is 0.393. The molecule has 0 unspecified atom stereocenters. The number of amides is 2. The molecule has 36 heavy (non-hydrogen) atoms. The van der Waals surface area contributed by atoms with Gasteiger partial charge in [0.15, 0.2) is 11.5 Å². The Labute approximate surface area is 211 Å². The molecular weight excluding hydrogens is 456 g/mol. The minimum absolute atomic E-state index is 0.106. The van der Waals surface area contributed by atoms with Crippen molar-refractivity contribution in [2.45, 2.75) is 58.3 Å². The molecule has 0 atom stereocenters. The molecule has 8 heteroatoms. The molecule has 0 aliphatic carbocycles. The lowest BCUT2D eigenvalue weighted by Gasteiger charge is -2.45. The molecule has 0 radical (unpaired) electrons. The van der Waals surface area contributed by atoms with Crippen molar-refractivity contribution in [2.75, 3.05) is 13.1 Å². The van der Waals surface area contributed by atoms with Gasteiger partial charge in [0.2, 0.25) is 0 Å². The molecule has 0 bridgehead atoms. The maximum Gasteiger partial charge on any atom is 0.258 e. The highest BCUT2D eigenvalue weighted by Gasteiger charge is 2.42. The predicted molar refractivity (Wildman–Crippen MR) is 136 cm³/mol. The molecule has 2 N–H and O–H groups in total. The van der Waals surface area contributed by atoms with E-state index < -0.39 is 5.72 Å². The molecule has 1 aromatic heterocycles. The molecule has 188 valence electrons. The van der Waals surface area contributed by atoms with E-state index in [-0.39, 0.29) is 18.4 Å². The molecule has 2 aliphatic heterocycles. The first kappa shape index (κ1) is 24.1. The van der Waals surface area contributed by atoms with E-state index in [1.807, 2.05) is 43.3 Å². The molecule has 1 spiro atoms. The molecule has 1 saturated heterocycles. The summed E-state index contributed by atoms with van der Waals surface area (Å²) in [6.07, 6.45) is 2.31. The second-order valence-electron chi connectivity index (χ2n) is 9.79. The largest absolute Gasteiger partial charge is 0.467 e. The molecular formula is C28H32N4O4. The van der Waals surface area contributed by atoms with Crippen LogP contribution in [0.3, 0.4) is 0 Å². The number of nitrogens with one attached hydrogen (secondary N) is 2. The average molecular weight is 489 g/mol. The topological polar surface area (TPSA) is 96.7 Å². The zero-order chi connectivity index (χ0) is 25.3. The minimum Gasteiger partial charge on any atom is -0.467 e. The number of carbonyl (C=O) groups excluding carboxylic acids is 2. The van der Waals surface area contributed by atoms with E-state index >= 15 is 0 Å². The number of aromatic nitrogens is 1. The van der Waals surface area contributed by atoms with E-state index in [2.05, 4.69) is 34.5 Å². The molecule has 0 saturated carbocycles. The molecule has 3 heterocycles. The average Bonchev–Trinajstić information content (AvgIpc) is 3.36. The molecule has 2 aromatic carbocycles. The summed E-state index contributed by atoms with van der Waals surface area (Å²) >= 11 is 0. The Kier molecular flexibility index (Phi) is 6.53. The van der Waals surface area contributed by atoms with Crippen LogP contribution in [0, 0.1) is 0 Å². The molecule has 2 amide bonds. The van der Waals surface area contributed by atoms with Gasteiger partial charge in [-0.3, -0.25) is 9.59 Å². The van der Waals surface area contributed by atoms with Crippen LogP contribution in [-0.2, 0) is 13.0 Å². The summed E-state index contributed by atoms with van der Waals surface area (Å²) in [5, 5.41) is 9.92. The molecule has 8 nitrogen and oxygen atoms in total. The zero-order valence-corrected chi connectivity index (χ0v) is 21.0. The van der Waals surface area contributed by atoms with Gasteiger partial charge in [-0.05, 0) is 55.7 Å². The van der Waals surface area contributed by atoms with Gasteiger partial charge in [-0.2, -0.15) is 0 Å². The first-order valence-corrected chi connectivity index (χ1v) is 12.6. The van der Waals surface area contributed by atoms with E-state index in [1.165, 1.54) is 0 Å². The van der Waals surface area contributed by atoms with Gasteiger partial charge in [-0.15, -0.1) is 0 Å². The van der Waals surface area contributed by atoms with Gasteiger partial charge in [0.25, 0.3) is 11.8 Å². The van der Waals surface area contributed by atoms with Crippen molar-refractivity contribution in [3.05, 3.63) is 71.1 Å². The van der Waals surface area contributed by atoms with Gasteiger partial charge in [-0.25, -0.2) is 0 Å². The Morgan fingerprint density at radius 1 is 1.11 bits per heavy atom. The van der Waals surface area contributed by atoms with E-state index in [4.69, 9.17) is 9.26 Å². The first-order chi connectivity index (χ1) is 17.4. The number of piperidine rings is 1. The third-order valence-electron chi connectivity index (χ3n) is 7.08. The summed E-state index contributed by atoms with van der Waals surface area (Å²) in [5.41, 5.74) is 3.11. The lowest BCUT2D eigenvalue weighted by molar-refractivity contribution is -0.0343. The Bertz CT molecular complexity index is 1260. The SMILES string of the molecule is CCc1cc(CNC(=O)c2ccc(-c3ccc4c(c3)C(=O)NC3(CCN(C(C)C)CC3)O4)cc2)on1. The number of rotatable bonds is 6. The maximum absolute atomic E-state index is 13.0. The van der Waals surface area contributed by atoms with Crippen LogP contribution in [0.1, 0.15) is 65.8 Å². The number of aryl methyl sites for hydroxylation is 1. The third-order valence-corrected chi connectivity index (χ3v) is 7.08. The predicted octanol–water partition coefficient (Wildman–Crippen LogP) is 4.16. The van der Waals surface area contributed by atoms with Crippen molar-refractivity contribution < 1.29 is 18.8 Å². The van der Waals surface area contributed by atoms with Gasteiger partial charge in [0.05, 0.1) is 17.8 Å². The smallest absolute Gasteiger partial charge is 0.258 e. The number of ether oxygens (including phenoxy) is 1. The minimum atomic E-state index is -0.629. The summed E-state index contributed by atoms with van der Waals surface area (Å²) in [7, 11) is 0. The summed E-state index contributed by atoms with van der Waals surface area (Å²) in [6.45, 7) is 8.44. The van der Waals surface area contributed by atoms with Crippen molar-refractivity contribution in [3.8, 4) is 16.9 Å². The van der Waals surface area contributed by atoms with Crippen molar-refractivity contribution in [2.24, 2.45) is 0 Å². The highest BCUT2D eigenvalue weighted by atomic mass is 16.5. The lowest BCUT2D eigenvalue weighted by atomic mass is 9.94. The van der Waals surface area contributed by atoms with Crippen LogP contribution in [0.5, 0.6) is 5.75 Å². The van der Waals surface area contributed by atoms with Crippen molar-refractivity contribution in [1.29, 1.82) is 0 Å². The van der Waals surface area contributed by atoms with E-state index in [0.717, 1.165) is 49.2 Å². The van der Waals surface area contributed by atoms with Gasteiger partial charge >= 0.3 is 0 Å². The summed E-state index contributed by atoms with van der Waals surface area (Å²) in [6, 6.07) is 15.3. The summed E-state index contributed by atoms with van der Waals surface area (Å²) in [4.78, 5) is 28.0. The first-order valence-electron chi connectivity index (χ1n) is 12.6. The second-order valence-corrected chi connectivity index (χ2v) is 9.79. The van der Waals surface area contributed by atoms with Gasteiger partial charge in [0.1, 0.15) is 5.75 Å². The van der Waals surface area contributed by atoms with Gasteiger partial charge < -0.3 is 24.8 Å². The summed E-state index contributed by atoms with van der Waals surface area (Å²) in [5.74, 6) is 0.947. The normalized spacial score (nSPS) is 16.9. The van der Waals surface area contributed by atoms with E-state index in [0.29, 0.717) is 28.7 Å². The zero-order valence-electron chi connectivity index (χ0n) is 21.0. The number of likely N-dealkylation sites (tertiary alicyclic amines) is 1. The van der Waals surface area contributed by atoms with Gasteiger partial charge in [0, 0.05) is 43.6 Å². The number of nitrogens with zero attached hydrogens (tertiary/aromatic N) is 2. The van der Waals surface area contributed by atoms with Crippen LogP contribution in [0.4, 0.5) is 0 Å². The fourth-order valence-corrected chi connectivity index (χ4v) is 4.80. The standard InChI is InChI=1S/C28H32N4O4/c1-4-22-16-23(36-31-22)17-29-26(33)20-7-5-19(6-8-20)21-9-10-25-24(15-21)27(34)30-28(35-25)11-13-32(14-12-28)18(2)3/h5-10,15-16,18H,4,11-14,17H2,1-3H3,(H,29,33)(H,30,34).